The van der Waals surface area contributed by atoms with Gasteiger partial charge in [0.2, 0.25) is 0 Å². The SMILES string of the molecule is CCC1=C(C(=O)OC)C(c2ccc(NS(=O)(=O)c3ccc(C)cc3)cc2)N2CCCSC2=N1. The van der Waals surface area contributed by atoms with Crippen LogP contribution in [0.4, 0.5) is 5.69 Å². The normalized spacial score (nSPS) is 18.5. The van der Waals surface area contributed by atoms with Crippen molar-refractivity contribution in [2.24, 2.45) is 4.99 Å². The third-order valence-corrected chi connectivity index (χ3v) is 8.17. The van der Waals surface area contributed by atoms with Gasteiger partial charge in [0.25, 0.3) is 10.0 Å². The van der Waals surface area contributed by atoms with Crippen LogP contribution in [0.1, 0.15) is 36.9 Å². The van der Waals surface area contributed by atoms with Gasteiger partial charge in [-0.25, -0.2) is 18.2 Å². The predicted molar refractivity (Wildman–Crippen MR) is 132 cm³/mol. The highest BCUT2D eigenvalue weighted by atomic mass is 32.2. The molecule has 7 nitrogen and oxygen atoms in total. The fourth-order valence-electron chi connectivity index (χ4n) is 4.02. The van der Waals surface area contributed by atoms with Gasteiger partial charge >= 0.3 is 5.97 Å². The van der Waals surface area contributed by atoms with E-state index in [1.807, 2.05) is 26.0 Å². The highest BCUT2D eigenvalue weighted by Gasteiger charge is 2.38. The Morgan fingerprint density at radius 2 is 1.88 bits per heavy atom. The molecule has 4 rings (SSSR count). The summed E-state index contributed by atoms with van der Waals surface area (Å²) in [5.41, 5.74) is 3.60. The molecule has 1 atom stereocenters. The Kier molecular flexibility index (Phi) is 6.81. The Balaban J connectivity index is 1.66. The molecule has 1 fully saturated rings. The third-order valence-electron chi connectivity index (χ3n) is 5.70. The molecule has 0 radical (unpaired) electrons. The Labute approximate surface area is 199 Å². The van der Waals surface area contributed by atoms with Crippen molar-refractivity contribution in [3.63, 3.8) is 0 Å². The molecule has 0 bridgehead atoms. The van der Waals surface area contributed by atoms with Crippen LogP contribution in [0.5, 0.6) is 0 Å². The van der Waals surface area contributed by atoms with E-state index < -0.39 is 10.0 Å². The van der Waals surface area contributed by atoms with Gasteiger partial charge in [-0.3, -0.25) is 4.72 Å². The molecule has 2 aromatic carbocycles. The number of carbonyl (C=O) groups is 1. The molecule has 33 heavy (non-hydrogen) atoms. The maximum Gasteiger partial charge on any atom is 0.338 e. The number of rotatable bonds is 6. The molecule has 0 aliphatic carbocycles. The Hall–Kier alpha value is -2.78. The van der Waals surface area contributed by atoms with Crippen molar-refractivity contribution in [2.45, 2.75) is 37.6 Å². The zero-order valence-electron chi connectivity index (χ0n) is 18.9. The number of aliphatic imine (C=N–C) groups is 1. The number of anilines is 1. The standard InChI is InChI=1S/C24H27N3O4S2/c1-4-20-21(23(28)31-3)22(27-14-5-15-32-24(27)25-20)17-8-10-18(11-9-17)26-33(29,30)19-12-6-16(2)7-13-19/h6-13,22,26H,4-5,14-15H2,1-3H3. The van der Waals surface area contributed by atoms with Gasteiger partial charge in [0.1, 0.15) is 0 Å². The highest BCUT2D eigenvalue weighted by molar-refractivity contribution is 8.13. The second kappa shape index (κ2) is 9.61. The van der Waals surface area contributed by atoms with E-state index in [-0.39, 0.29) is 16.9 Å². The summed E-state index contributed by atoms with van der Waals surface area (Å²) in [5.74, 6) is 0.603. The lowest BCUT2D eigenvalue weighted by molar-refractivity contribution is -0.136. The first-order valence-corrected chi connectivity index (χ1v) is 13.3. The molecule has 2 aromatic rings. The van der Waals surface area contributed by atoms with Gasteiger partial charge in [-0.15, -0.1) is 0 Å². The number of hydrogen-bond acceptors (Lipinski definition) is 7. The second-order valence-electron chi connectivity index (χ2n) is 7.94. The van der Waals surface area contributed by atoms with Crippen LogP contribution in [0, 0.1) is 6.92 Å². The number of benzene rings is 2. The monoisotopic (exact) mass is 485 g/mol. The van der Waals surface area contributed by atoms with E-state index in [0.29, 0.717) is 17.7 Å². The van der Waals surface area contributed by atoms with Crippen LogP contribution in [0.3, 0.4) is 0 Å². The van der Waals surface area contributed by atoms with E-state index in [0.717, 1.165) is 40.7 Å². The summed E-state index contributed by atoms with van der Waals surface area (Å²) in [7, 11) is -2.31. The molecule has 2 aliphatic heterocycles. The highest BCUT2D eigenvalue weighted by Crippen LogP contribution is 2.41. The molecule has 1 unspecified atom stereocenters. The largest absolute Gasteiger partial charge is 0.466 e. The first-order chi connectivity index (χ1) is 15.8. The van der Waals surface area contributed by atoms with Gasteiger partial charge in [-0.1, -0.05) is 48.5 Å². The quantitative estimate of drug-likeness (QED) is 0.607. The number of aryl methyl sites for hydroxylation is 1. The van der Waals surface area contributed by atoms with Crippen LogP contribution in [0.2, 0.25) is 0 Å². The molecule has 0 amide bonds. The van der Waals surface area contributed by atoms with E-state index in [2.05, 4.69) is 9.62 Å². The topological polar surface area (TPSA) is 88.1 Å². The fraction of sp³-hybridized carbons (Fsp3) is 0.333. The third kappa shape index (κ3) is 4.79. The van der Waals surface area contributed by atoms with Crippen LogP contribution >= 0.6 is 11.8 Å². The number of ether oxygens (including phenoxy) is 1. The summed E-state index contributed by atoms with van der Waals surface area (Å²) in [4.78, 5) is 19.9. The van der Waals surface area contributed by atoms with Crippen molar-refractivity contribution in [2.75, 3.05) is 24.1 Å². The lowest BCUT2D eigenvalue weighted by Crippen LogP contribution is -2.42. The molecule has 174 valence electrons. The maximum atomic E-state index is 12.8. The predicted octanol–water partition coefficient (Wildman–Crippen LogP) is 4.48. The van der Waals surface area contributed by atoms with Gasteiger partial charge in [0.05, 0.1) is 29.3 Å². The molecule has 0 saturated carbocycles. The fourth-order valence-corrected chi connectivity index (χ4v) is 6.07. The lowest BCUT2D eigenvalue weighted by atomic mass is 9.93. The molecular weight excluding hydrogens is 458 g/mol. The maximum absolute atomic E-state index is 12.8. The minimum absolute atomic E-state index is 0.208. The van der Waals surface area contributed by atoms with E-state index in [1.165, 1.54) is 7.11 Å². The smallest absolute Gasteiger partial charge is 0.338 e. The molecule has 0 spiro atoms. The average Bonchev–Trinajstić information content (AvgIpc) is 2.83. The Bertz CT molecular complexity index is 1200. The molecule has 2 aliphatic rings. The van der Waals surface area contributed by atoms with Gasteiger partial charge in [0, 0.05) is 18.0 Å². The molecular formula is C24H27N3O4S2. The summed E-state index contributed by atoms with van der Waals surface area (Å²) >= 11 is 1.69. The van der Waals surface area contributed by atoms with Gasteiger partial charge < -0.3 is 9.64 Å². The molecule has 9 heteroatoms. The van der Waals surface area contributed by atoms with Crippen molar-refractivity contribution in [1.82, 2.24) is 4.90 Å². The summed E-state index contributed by atoms with van der Waals surface area (Å²) in [6, 6.07) is 13.5. The number of thioether (sulfide) groups is 1. The van der Waals surface area contributed by atoms with E-state index in [1.54, 1.807) is 48.2 Å². The summed E-state index contributed by atoms with van der Waals surface area (Å²) in [5, 5.41) is 0.917. The van der Waals surface area contributed by atoms with Crippen molar-refractivity contribution in [3.8, 4) is 0 Å². The zero-order valence-corrected chi connectivity index (χ0v) is 20.5. The first-order valence-electron chi connectivity index (χ1n) is 10.8. The number of fused-ring (bicyclic) bond motifs is 1. The van der Waals surface area contributed by atoms with E-state index in [9.17, 15) is 13.2 Å². The zero-order chi connectivity index (χ0) is 23.6. The van der Waals surface area contributed by atoms with Gasteiger partial charge in [-0.2, -0.15) is 0 Å². The number of nitrogens with one attached hydrogen (secondary N) is 1. The number of esters is 1. The molecule has 0 aromatic heterocycles. The van der Waals surface area contributed by atoms with Crippen LogP contribution in [0.15, 0.2) is 69.7 Å². The lowest BCUT2D eigenvalue weighted by Gasteiger charge is -2.40. The van der Waals surface area contributed by atoms with Crippen LogP contribution < -0.4 is 4.72 Å². The van der Waals surface area contributed by atoms with Crippen LogP contribution in [0.25, 0.3) is 0 Å². The number of carbonyl (C=O) groups excluding carboxylic acids is 1. The number of hydrogen-bond donors (Lipinski definition) is 1. The van der Waals surface area contributed by atoms with Crippen molar-refractivity contribution >= 4 is 38.6 Å². The molecule has 2 heterocycles. The summed E-state index contributed by atoms with van der Waals surface area (Å²) in [6.07, 6.45) is 1.61. The second-order valence-corrected chi connectivity index (χ2v) is 10.7. The number of nitrogens with zero attached hydrogens (tertiary/aromatic N) is 2. The van der Waals surface area contributed by atoms with Crippen molar-refractivity contribution in [1.29, 1.82) is 0 Å². The number of amidine groups is 1. The Morgan fingerprint density at radius 1 is 1.18 bits per heavy atom. The Morgan fingerprint density at radius 3 is 2.52 bits per heavy atom. The minimum atomic E-state index is -3.69. The van der Waals surface area contributed by atoms with E-state index >= 15 is 0 Å². The molecule has 1 saturated heterocycles. The van der Waals surface area contributed by atoms with Crippen molar-refractivity contribution < 1.29 is 17.9 Å². The van der Waals surface area contributed by atoms with Gasteiger partial charge in [0.15, 0.2) is 5.17 Å². The minimum Gasteiger partial charge on any atom is -0.466 e. The van der Waals surface area contributed by atoms with E-state index in [4.69, 9.17) is 9.73 Å². The summed E-state index contributed by atoms with van der Waals surface area (Å²) in [6.45, 7) is 4.67. The van der Waals surface area contributed by atoms with Gasteiger partial charge in [-0.05, 0) is 49.6 Å². The number of allylic oxidation sites excluding steroid dienone is 1. The number of sulfonamides is 1. The summed E-state index contributed by atoms with van der Waals surface area (Å²) < 4.78 is 33.2. The first kappa shape index (κ1) is 23.4. The number of methoxy groups -OCH3 is 1. The van der Waals surface area contributed by atoms with Crippen LogP contribution in [-0.2, 0) is 19.6 Å². The molecule has 1 N–H and O–H groups in total. The van der Waals surface area contributed by atoms with Crippen molar-refractivity contribution in [3.05, 3.63) is 70.9 Å². The van der Waals surface area contributed by atoms with Crippen LogP contribution in [-0.4, -0.2) is 43.9 Å². The average molecular weight is 486 g/mol.